The highest BCUT2D eigenvalue weighted by molar-refractivity contribution is 6.03. The Morgan fingerprint density at radius 1 is 0.500 bits per heavy atom. The van der Waals surface area contributed by atoms with Crippen LogP contribution in [0.15, 0.2) is 36.5 Å². The van der Waals surface area contributed by atoms with Gasteiger partial charge in [0.05, 0.1) is 0 Å². The first-order valence-electron chi connectivity index (χ1n) is 5.22. The number of carboxylic acids is 2. The van der Waals surface area contributed by atoms with Crippen molar-refractivity contribution in [1.29, 1.82) is 0 Å². The van der Waals surface area contributed by atoms with Crippen LogP contribution in [0.1, 0.15) is 0 Å². The third-order valence-electron chi connectivity index (χ3n) is 1.48. The Kier molecular flexibility index (Phi) is 7.85. The Hall–Kier alpha value is -3.56. The van der Waals surface area contributed by atoms with Crippen LogP contribution in [-0.2, 0) is 38.2 Å². The van der Waals surface area contributed by atoms with Gasteiger partial charge in [-0.2, -0.15) is 0 Å². The summed E-state index contributed by atoms with van der Waals surface area (Å²) in [5, 5.41) is 16.4. The predicted molar refractivity (Wildman–Crippen MR) is 64.9 cm³/mol. The van der Waals surface area contributed by atoms with Crippen molar-refractivity contribution in [3.63, 3.8) is 0 Å². The van der Waals surface area contributed by atoms with Crippen LogP contribution in [0.2, 0.25) is 0 Å². The summed E-state index contributed by atoms with van der Waals surface area (Å²) in [6.07, 6.45) is 2.69. The lowest BCUT2D eigenvalue weighted by Gasteiger charge is -1.95. The first kappa shape index (κ1) is 18.4. The van der Waals surface area contributed by atoms with Crippen molar-refractivity contribution in [2.75, 3.05) is 0 Å². The summed E-state index contributed by atoms with van der Waals surface area (Å²) < 4.78 is 8.07. The number of aliphatic carboxylic acids is 2. The van der Waals surface area contributed by atoms with Gasteiger partial charge in [-0.15, -0.1) is 0 Å². The topological polar surface area (TPSA) is 161 Å². The Labute approximate surface area is 121 Å². The molecule has 10 heteroatoms. The van der Waals surface area contributed by atoms with Gasteiger partial charge in [-0.05, 0) is 0 Å². The van der Waals surface area contributed by atoms with E-state index in [-0.39, 0.29) is 0 Å². The molecule has 2 N–H and O–H groups in total. The third kappa shape index (κ3) is 10.4. The van der Waals surface area contributed by atoms with Gasteiger partial charge in [-0.25, -0.2) is 28.8 Å². The average molecular weight is 312 g/mol. The lowest BCUT2D eigenvalue weighted by molar-refractivity contribution is -0.155. The maximum Gasteiger partial charge on any atom is 0.338 e. The lowest BCUT2D eigenvalue weighted by atomic mass is 10.4. The van der Waals surface area contributed by atoms with E-state index in [4.69, 9.17) is 10.2 Å². The number of hydrogen-bond acceptors (Lipinski definition) is 8. The number of esters is 4. The summed E-state index contributed by atoms with van der Waals surface area (Å²) in [7, 11) is 0. The standard InChI is InChI=1S/C12H8O10/c13-7(14)1-3-9(17)21-11(19)5-6-12(20)22-10(18)4-2-8(15)16/h1-6H,(H,13,14)(H,15,16). The van der Waals surface area contributed by atoms with E-state index in [1.807, 2.05) is 0 Å². The van der Waals surface area contributed by atoms with Crippen molar-refractivity contribution in [3.05, 3.63) is 36.5 Å². The van der Waals surface area contributed by atoms with Crippen LogP contribution in [-0.4, -0.2) is 46.0 Å². The quantitative estimate of drug-likeness (QED) is 0.352. The summed E-state index contributed by atoms with van der Waals surface area (Å²) >= 11 is 0. The summed E-state index contributed by atoms with van der Waals surface area (Å²) in [5.74, 6) is -8.07. The molecule has 0 unspecified atom stereocenters. The van der Waals surface area contributed by atoms with Gasteiger partial charge in [0.2, 0.25) is 0 Å². The van der Waals surface area contributed by atoms with Gasteiger partial charge in [-0.1, -0.05) is 0 Å². The van der Waals surface area contributed by atoms with Crippen molar-refractivity contribution in [1.82, 2.24) is 0 Å². The second kappa shape index (κ2) is 9.36. The number of ether oxygens (including phenoxy) is 2. The van der Waals surface area contributed by atoms with Crippen LogP contribution in [0.25, 0.3) is 0 Å². The highest BCUT2D eigenvalue weighted by Gasteiger charge is 2.08. The monoisotopic (exact) mass is 312 g/mol. The van der Waals surface area contributed by atoms with Crippen molar-refractivity contribution >= 4 is 35.8 Å². The molecule has 116 valence electrons. The average Bonchev–Trinajstić information content (AvgIpc) is 2.40. The molecule has 0 heterocycles. The second-order valence-corrected chi connectivity index (χ2v) is 3.16. The van der Waals surface area contributed by atoms with E-state index in [2.05, 4.69) is 9.47 Å². The van der Waals surface area contributed by atoms with Crippen LogP contribution in [0.5, 0.6) is 0 Å². The molecule has 0 spiro atoms. The van der Waals surface area contributed by atoms with Gasteiger partial charge in [0.15, 0.2) is 0 Å². The number of hydrogen-bond donors (Lipinski definition) is 2. The molecule has 0 aromatic rings. The number of carboxylic acid groups (broad SMARTS) is 2. The van der Waals surface area contributed by atoms with Gasteiger partial charge in [0.25, 0.3) is 0 Å². The second-order valence-electron chi connectivity index (χ2n) is 3.16. The van der Waals surface area contributed by atoms with E-state index < -0.39 is 35.8 Å². The third-order valence-corrected chi connectivity index (χ3v) is 1.48. The molecule has 0 rings (SSSR count). The maximum atomic E-state index is 11.0. The molecule has 0 fully saturated rings. The molecule has 0 aliphatic heterocycles. The maximum absolute atomic E-state index is 11.0. The molecule has 0 aliphatic rings. The van der Waals surface area contributed by atoms with Gasteiger partial charge >= 0.3 is 35.8 Å². The molecule has 22 heavy (non-hydrogen) atoms. The van der Waals surface area contributed by atoms with Crippen molar-refractivity contribution < 1.29 is 48.5 Å². The van der Waals surface area contributed by atoms with E-state index >= 15 is 0 Å². The fourth-order valence-electron chi connectivity index (χ4n) is 0.749. The molecule has 0 saturated carbocycles. The summed E-state index contributed by atoms with van der Waals surface area (Å²) in [6, 6.07) is 0. The number of carbonyl (C=O) groups is 6. The van der Waals surface area contributed by atoms with Gasteiger partial charge < -0.3 is 19.7 Å². The van der Waals surface area contributed by atoms with Gasteiger partial charge in [0.1, 0.15) is 0 Å². The Bertz CT molecular complexity index is 541. The smallest absolute Gasteiger partial charge is 0.338 e. The van der Waals surface area contributed by atoms with E-state index in [0.717, 1.165) is 0 Å². The summed E-state index contributed by atoms with van der Waals surface area (Å²) in [4.78, 5) is 63.9. The highest BCUT2D eigenvalue weighted by Crippen LogP contribution is 1.90. The molecule has 0 bridgehead atoms. The van der Waals surface area contributed by atoms with E-state index in [1.54, 1.807) is 0 Å². The minimum absolute atomic E-state index is 0.432. The summed E-state index contributed by atoms with van der Waals surface area (Å²) in [5.41, 5.74) is 0. The zero-order chi connectivity index (χ0) is 17.1. The van der Waals surface area contributed by atoms with E-state index in [1.165, 1.54) is 0 Å². The SMILES string of the molecule is O=C(O)C=CC(=O)OC(=O)C=CC(=O)OC(=O)C=CC(=O)O. The zero-order valence-corrected chi connectivity index (χ0v) is 10.6. The molecule has 0 aromatic carbocycles. The van der Waals surface area contributed by atoms with E-state index in [0.29, 0.717) is 36.5 Å². The Morgan fingerprint density at radius 2 is 0.727 bits per heavy atom. The minimum Gasteiger partial charge on any atom is -0.478 e. The van der Waals surface area contributed by atoms with Gasteiger partial charge in [0, 0.05) is 36.5 Å². The van der Waals surface area contributed by atoms with Gasteiger partial charge in [-0.3, -0.25) is 0 Å². The lowest BCUT2D eigenvalue weighted by Crippen LogP contribution is -2.11. The van der Waals surface area contributed by atoms with Crippen molar-refractivity contribution in [2.24, 2.45) is 0 Å². The molecule has 0 amide bonds. The molecule has 0 radical (unpaired) electrons. The predicted octanol–water partition coefficient (Wildman–Crippen LogP) is -1.04. The fourth-order valence-corrected chi connectivity index (χ4v) is 0.749. The van der Waals surface area contributed by atoms with Crippen LogP contribution >= 0.6 is 0 Å². The number of carbonyl (C=O) groups excluding carboxylic acids is 4. The van der Waals surface area contributed by atoms with Crippen molar-refractivity contribution in [3.8, 4) is 0 Å². The van der Waals surface area contributed by atoms with Crippen LogP contribution in [0.3, 0.4) is 0 Å². The normalized spacial score (nSPS) is 10.7. The van der Waals surface area contributed by atoms with Crippen LogP contribution < -0.4 is 0 Å². The Morgan fingerprint density at radius 3 is 0.955 bits per heavy atom. The highest BCUT2D eigenvalue weighted by atomic mass is 16.6. The molecule has 10 nitrogen and oxygen atoms in total. The first-order chi connectivity index (χ1) is 10.2. The largest absolute Gasteiger partial charge is 0.478 e. The Balaban J connectivity index is 4.35. The van der Waals surface area contributed by atoms with E-state index in [9.17, 15) is 28.8 Å². The molecule has 0 aliphatic carbocycles. The number of rotatable bonds is 6. The fraction of sp³-hybridized carbons (Fsp3) is 0. The molecule has 0 saturated heterocycles. The molecular weight excluding hydrogens is 304 g/mol. The van der Waals surface area contributed by atoms with Crippen LogP contribution in [0, 0.1) is 0 Å². The molecule has 0 aromatic heterocycles. The first-order valence-corrected chi connectivity index (χ1v) is 5.22. The molecule has 0 atom stereocenters. The minimum atomic E-state index is -1.43. The summed E-state index contributed by atoms with van der Waals surface area (Å²) in [6.45, 7) is 0. The zero-order valence-electron chi connectivity index (χ0n) is 10.6. The van der Waals surface area contributed by atoms with Crippen LogP contribution in [0.4, 0.5) is 0 Å². The molecular formula is C12H8O10. The van der Waals surface area contributed by atoms with Crippen molar-refractivity contribution in [2.45, 2.75) is 0 Å².